The monoisotopic (exact) mass is 321 g/mol. The van der Waals surface area contributed by atoms with Crippen molar-refractivity contribution in [1.29, 1.82) is 0 Å². The molecule has 0 amide bonds. The Morgan fingerprint density at radius 2 is 1.90 bits per heavy atom. The van der Waals surface area contributed by atoms with Crippen LogP contribution in [0.5, 0.6) is 5.75 Å². The first kappa shape index (κ1) is 14.6. The number of phenols is 1. The van der Waals surface area contributed by atoms with Gasteiger partial charge in [-0.25, -0.2) is 0 Å². The normalized spacial score (nSPS) is 20.4. The zero-order chi connectivity index (χ0) is 15.1. The van der Waals surface area contributed by atoms with Gasteiger partial charge < -0.3 is 10.4 Å². The summed E-state index contributed by atoms with van der Waals surface area (Å²) in [6, 6.07) is 9.22. The van der Waals surface area contributed by atoms with Crippen LogP contribution in [0.4, 0.5) is 5.69 Å². The quantitative estimate of drug-likeness (QED) is 0.747. The van der Waals surface area contributed by atoms with E-state index < -0.39 is 0 Å². The zero-order valence-electron chi connectivity index (χ0n) is 12.0. The second kappa shape index (κ2) is 5.43. The first-order valence-corrected chi connectivity index (χ1v) is 7.77. The van der Waals surface area contributed by atoms with Gasteiger partial charge in [0.1, 0.15) is 5.75 Å². The van der Waals surface area contributed by atoms with Crippen LogP contribution in [0.25, 0.3) is 0 Å². The molecule has 1 aliphatic carbocycles. The standard InChI is InChI=1S/C17H17Cl2NO/c1-9-3-6-15(21)17-14(7-10(2)16(9)17)20-13-5-4-11(18)8-12(13)19/h3-6,8,10,14,20-21H,7H2,1-2H3. The highest BCUT2D eigenvalue weighted by Gasteiger charge is 2.32. The molecular formula is C17H17Cl2NO. The molecule has 0 saturated heterocycles. The number of anilines is 1. The van der Waals surface area contributed by atoms with E-state index in [2.05, 4.69) is 19.2 Å². The Morgan fingerprint density at radius 1 is 1.14 bits per heavy atom. The third kappa shape index (κ3) is 2.58. The molecule has 0 bridgehead atoms. The van der Waals surface area contributed by atoms with Crippen LogP contribution in [0, 0.1) is 6.92 Å². The highest BCUT2D eigenvalue weighted by Crippen LogP contribution is 2.47. The summed E-state index contributed by atoms with van der Waals surface area (Å²) in [6.07, 6.45) is 0.937. The predicted octanol–water partition coefficient (Wildman–Crippen LogP) is 5.67. The number of rotatable bonds is 2. The van der Waals surface area contributed by atoms with Gasteiger partial charge in [-0.15, -0.1) is 0 Å². The van der Waals surface area contributed by atoms with Crippen molar-refractivity contribution in [2.75, 3.05) is 5.32 Å². The number of aromatic hydroxyl groups is 1. The molecule has 2 N–H and O–H groups in total. The van der Waals surface area contributed by atoms with E-state index in [1.807, 2.05) is 18.2 Å². The lowest BCUT2D eigenvalue weighted by molar-refractivity contribution is 0.465. The van der Waals surface area contributed by atoms with E-state index in [1.54, 1.807) is 12.1 Å². The Labute approximate surface area is 134 Å². The zero-order valence-corrected chi connectivity index (χ0v) is 13.5. The van der Waals surface area contributed by atoms with Crippen LogP contribution in [0.3, 0.4) is 0 Å². The maximum Gasteiger partial charge on any atom is 0.121 e. The van der Waals surface area contributed by atoms with Crippen LogP contribution in [-0.2, 0) is 0 Å². The van der Waals surface area contributed by atoms with E-state index in [0.29, 0.717) is 21.7 Å². The maximum absolute atomic E-state index is 10.2. The van der Waals surface area contributed by atoms with Crippen molar-refractivity contribution in [3.63, 3.8) is 0 Å². The van der Waals surface area contributed by atoms with Crippen LogP contribution in [0.1, 0.15) is 42.0 Å². The summed E-state index contributed by atoms with van der Waals surface area (Å²) < 4.78 is 0. The van der Waals surface area contributed by atoms with Gasteiger partial charge in [-0.05, 0) is 54.7 Å². The van der Waals surface area contributed by atoms with E-state index in [1.165, 1.54) is 11.1 Å². The number of hydrogen-bond acceptors (Lipinski definition) is 2. The van der Waals surface area contributed by atoms with Gasteiger partial charge >= 0.3 is 0 Å². The predicted molar refractivity (Wildman–Crippen MR) is 88.7 cm³/mol. The number of benzene rings is 2. The van der Waals surface area contributed by atoms with Crippen molar-refractivity contribution < 1.29 is 5.11 Å². The molecule has 110 valence electrons. The fraction of sp³-hybridized carbons (Fsp3) is 0.294. The summed E-state index contributed by atoms with van der Waals surface area (Å²) in [5, 5.41) is 14.9. The molecule has 0 saturated carbocycles. The van der Waals surface area contributed by atoms with Crippen LogP contribution in [0.2, 0.25) is 10.0 Å². The minimum atomic E-state index is 0.0635. The van der Waals surface area contributed by atoms with Crippen molar-refractivity contribution in [3.8, 4) is 5.75 Å². The second-order valence-corrected chi connectivity index (χ2v) is 6.53. The van der Waals surface area contributed by atoms with Crippen molar-refractivity contribution in [3.05, 3.63) is 57.1 Å². The number of nitrogens with one attached hydrogen (secondary N) is 1. The summed E-state index contributed by atoms with van der Waals surface area (Å²) in [6.45, 7) is 4.28. The minimum absolute atomic E-state index is 0.0635. The molecule has 2 aromatic carbocycles. The van der Waals surface area contributed by atoms with E-state index in [9.17, 15) is 5.11 Å². The lowest BCUT2D eigenvalue weighted by atomic mass is 9.97. The topological polar surface area (TPSA) is 32.3 Å². The molecule has 0 radical (unpaired) electrons. The van der Waals surface area contributed by atoms with Crippen LogP contribution in [-0.4, -0.2) is 5.11 Å². The van der Waals surface area contributed by atoms with E-state index in [4.69, 9.17) is 23.2 Å². The van der Waals surface area contributed by atoms with Crippen molar-refractivity contribution in [2.24, 2.45) is 0 Å². The molecule has 2 unspecified atom stereocenters. The van der Waals surface area contributed by atoms with Gasteiger partial charge in [0, 0.05) is 10.6 Å². The van der Waals surface area contributed by atoms with E-state index in [-0.39, 0.29) is 6.04 Å². The Morgan fingerprint density at radius 3 is 2.62 bits per heavy atom. The van der Waals surface area contributed by atoms with Gasteiger partial charge in [0.2, 0.25) is 0 Å². The highest BCUT2D eigenvalue weighted by atomic mass is 35.5. The second-order valence-electron chi connectivity index (χ2n) is 5.69. The van der Waals surface area contributed by atoms with Gasteiger partial charge in [-0.1, -0.05) is 36.2 Å². The Hall–Kier alpha value is -1.38. The Balaban J connectivity index is 1.98. The smallest absolute Gasteiger partial charge is 0.121 e. The van der Waals surface area contributed by atoms with Gasteiger partial charge in [0.05, 0.1) is 16.8 Å². The molecule has 4 heteroatoms. The van der Waals surface area contributed by atoms with Crippen LogP contribution in [0.15, 0.2) is 30.3 Å². The number of hydrogen-bond donors (Lipinski definition) is 2. The number of halogens is 2. The van der Waals surface area contributed by atoms with E-state index >= 15 is 0 Å². The molecule has 0 aliphatic heterocycles. The van der Waals surface area contributed by atoms with Gasteiger partial charge in [-0.3, -0.25) is 0 Å². The average molecular weight is 322 g/mol. The van der Waals surface area contributed by atoms with Crippen molar-refractivity contribution in [1.82, 2.24) is 0 Å². The molecule has 0 aromatic heterocycles. The van der Waals surface area contributed by atoms with Gasteiger partial charge in [-0.2, -0.15) is 0 Å². The number of aryl methyl sites for hydroxylation is 1. The largest absolute Gasteiger partial charge is 0.508 e. The molecule has 1 aliphatic rings. The number of fused-ring (bicyclic) bond motifs is 1. The van der Waals surface area contributed by atoms with Crippen LogP contribution >= 0.6 is 23.2 Å². The lowest BCUT2D eigenvalue weighted by Gasteiger charge is -2.18. The first-order valence-electron chi connectivity index (χ1n) is 7.01. The fourth-order valence-corrected chi connectivity index (χ4v) is 3.73. The Kier molecular flexibility index (Phi) is 3.76. The number of phenolic OH excluding ortho intramolecular Hbond substituents is 1. The SMILES string of the molecule is Cc1ccc(O)c2c1C(C)CC2Nc1ccc(Cl)cc1Cl. The third-order valence-corrected chi connectivity index (χ3v) is 4.72. The molecule has 21 heavy (non-hydrogen) atoms. The summed E-state index contributed by atoms with van der Waals surface area (Å²) in [4.78, 5) is 0. The Bertz CT molecular complexity index is 699. The summed E-state index contributed by atoms with van der Waals surface area (Å²) in [7, 11) is 0. The van der Waals surface area contributed by atoms with Crippen molar-refractivity contribution >= 4 is 28.9 Å². The average Bonchev–Trinajstić information content (AvgIpc) is 2.75. The summed E-state index contributed by atoms with van der Waals surface area (Å²) in [5.74, 6) is 0.762. The van der Waals surface area contributed by atoms with E-state index in [0.717, 1.165) is 17.7 Å². The van der Waals surface area contributed by atoms with Gasteiger partial charge in [0.25, 0.3) is 0 Å². The molecular weight excluding hydrogens is 305 g/mol. The molecule has 2 atom stereocenters. The maximum atomic E-state index is 10.2. The molecule has 0 fully saturated rings. The lowest BCUT2D eigenvalue weighted by Crippen LogP contribution is -2.08. The fourth-order valence-electron chi connectivity index (χ4n) is 3.27. The summed E-state index contributed by atoms with van der Waals surface area (Å²) in [5.41, 5.74) is 4.31. The first-order chi connectivity index (χ1) is 9.97. The molecule has 2 nitrogen and oxygen atoms in total. The summed E-state index contributed by atoms with van der Waals surface area (Å²) >= 11 is 12.2. The third-order valence-electron chi connectivity index (χ3n) is 4.17. The van der Waals surface area contributed by atoms with Gasteiger partial charge in [0.15, 0.2) is 0 Å². The highest BCUT2D eigenvalue weighted by molar-refractivity contribution is 6.36. The molecule has 0 heterocycles. The molecule has 0 spiro atoms. The molecule has 2 aromatic rings. The van der Waals surface area contributed by atoms with Crippen molar-refractivity contribution in [2.45, 2.75) is 32.2 Å². The molecule has 3 rings (SSSR count). The van der Waals surface area contributed by atoms with Crippen LogP contribution < -0.4 is 5.32 Å². The minimum Gasteiger partial charge on any atom is -0.508 e.